The first-order valence-corrected chi connectivity index (χ1v) is 12.1. The fraction of sp³-hybridized carbons (Fsp3) is 0.500. The van der Waals surface area contributed by atoms with E-state index in [4.69, 9.17) is 0 Å². The molecule has 158 valence electrons. The maximum absolute atomic E-state index is 12.9. The molecule has 0 saturated carbocycles. The molecular weight excluding hydrogens is 408 g/mol. The van der Waals surface area contributed by atoms with E-state index in [0.29, 0.717) is 29.3 Å². The minimum Gasteiger partial charge on any atom is -0.321 e. The Balaban J connectivity index is 1.69. The molecule has 0 unspecified atom stereocenters. The van der Waals surface area contributed by atoms with Gasteiger partial charge in [0.2, 0.25) is 10.0 Å². The molecule has 0 spiro atoms. The molecule has 9 heteroatoms. The molecule has 1 aliphatic heterocycles. The number of benzene rings is 1. The van der Waals surface area contributed by atoms with E-state index in [9.17, 15) is 13.2 Å². The Bertz CT molecular complexity index is 960. The summed E-state index contributed by atoms with van der Waals surface area (Å²) < 4.78 is 27.3. The summed E-state index contributed by atoms with van der Waals surface area (Å²) in [5, 5.41) is 3.77. The number of carbonyl (C=O) groups is 1. The van der Waals surface area contributed by atoms with Gasteiger partial charge in [-0.1, -0.05) is 20.8 Å². The lowest BCUT2D eigenvalue weighted by atomic mass is 10.2. The number of sulfonamides is 1. The van der Waals surface area contributed by atoms with Crippen LogP contribution in [0.3, 0.4) is 0 Å². The number of aromatic nitrogens is 1. The van der Waals surface area contributed by atoms with Gasteiger partial charge in [0.1, 0.15) is 4.88 Å². The van der Waals surface area contributed by atoms with Crippen molar-refractivity contribution in [2.24, 2.45) is 0 Å². The number of piperazine rings is 1. The number of rotatable bonds is 6. The van der Waals surface area contributed by atoms with E-state index < -0.39 is 10.0 Å². The molecule has 0 radical (unpaired) electrons. The number of amides is 1. The highest BCUT2D eigenvalue weighted by molar-refractivity contribution is 7.89. The van der Waals surface area contributed by atoms with Gasteiger partial charge in [-0.3, -0.25) is 4.79 Å². The van der Waals surface area contributed by atoms with E-state index in [1.54, 1.807) is 24.3 Å². The number of thiazole rings is 1. The summed E-state index contributed by atoms with van der Waals surface area (Å²) >= 11 is 1.39. The lowest BCUT2D eigenvalue weighted by molar-refractivity contribution is 0.103. The van der Waals surface area contributed by atoms with Crippen molar-refractivity contribution in [3.63, 3.8) is 0 Å². The first kappa shape index (κ1) is 21.9. The summed E-state index contributed by atoms with van der Waals surface area (Å²) in [6.45, 7) is 11.4. The van der Waals surface area contributed by atoms with Crippen LogP contribution >= 0.6 is 11.3 Å². The Labute approximate surface area is 176 Å². The molecule has 1 aliphatic rings. The van der Waals surface area contributed by atoms with Crippen LogP contribution in [0.25, 0.3) is 0 Å². The summed E-state index contributed by atoms with van der Waals surface area (Å²) in [6, 6.07) is 6.37. The molecule has 2 aromatic rings. The van der Waals surface area contributed by atoms with Crippen molar-refractivity contribution >= 4 is 33.0 Å². The number of carbonyl (C=O) groups excluding carboxylic acids is 1. The van der Waals surface area contributed by atoms with Crippen LogP contribution in [0.1, 0.15) is 47.1 Å². The molecule has 0 aliphatic carbocycles. The molecule has 3 rings (SSSR count). The highest BCUT2D eigenvalue weighted by Gasteiger charge is 2.28. The minimum absolute atomic E-state index is 0.224. The van der Waals surface area contributed by atoms with Crippen LogP contribution in [0, 0.1) is 6.92 Å². The maximum atomic E-state index is 12.9. The summed E-state index contributed by atoms with van der Waals surface area (Å²) in [5.41, 5.74) is 1.27. The smallest absolute Gasteiger partial charge is 0.267 e. The van der Waals surface area contributed by atoms with Gasteiger partial charge in [-0.05, 0) is 37.7 Å². The third kappa shape index (κ3) is 4.85. The molecule has 0 bridgehead atoms. The van der Waals surface area contributed by atoms with Crippen molar-refractivity contribution in [3.8, 4) is 0 Å². The minimum atomic E-state index is -3.52. The maximum Gasteiger partial charge on any atom is 0.267 e. The Hall–Kier alpha value is -1.81. The van der Waals surface area contributed by atoms with Crippen molar-refractivity contribution in [2.45, 2.75) is 38.5 Å². The van der Waals surface area contributed by atoms with Crippen molar-refractivity contribution in [3.05, 3.63) is 39.8 Å². The van der Waals surface area contributed by atoms with Crippen molar-refractivity contribution < 1.29 is 13.2 Å². The average Bonchev–Trinajstić information content (AvgIpc) is 3.10. The largest absolute Gasteiger partial charge is 0.321 e. The molecule has 1 amide bonds. The zero-order chi connectivity index (χ0) is 21.2. The molecule has 1 saturated heterocycles. The van der Waals surface area contributed by atoms with Crippen LogP contribution in [0.15, 0.2) is 29.2 Å². The zero-order valence-electron chi connectivity index (χ0n) is 17.3. The first-order valence-electron chi connectivity index (χ1n) is 9.83. The Morgan fingerprint density at radius 2 is 1.79 bits per heavy atom. The predicted molar refractivity (Wildman–Crippen MR) is 116 cm³/mol. The van der Waals surface area contributed by atoms with Gasteiger partial charge < -0.3 is 10.2 Å². The van der Waals surface area contributed by atoms with Gasteiger partial charge in [0.05, 0.1) is 15.6 Å². The number of likely N-dealkylation sites (N-methyl/N-ethyl adjacent to an activating group) is 1. The van der Waals surface area contributed by atoms with Crippen LogP contribution < -0.4 is 5.32 Å². The van der Waals surface area contributed by atoms with Crippen LogP contribution in [0.2, 0.25) is 0 Å². The van der Waals surface area contributed by atoms with E-state index in [1.807, 2.05) is 20.8 Å². The predicted octanol–water partition coefficient (Wildman–Crippen LogP) is 3.15. The van der Waals surface area contributed by atoms with E-state index in [0.717, 1.165) is 24.6 Å². The van der Waals surface area contributed by atoms with Crippen LogP contribution in [0.5, 0.6) is 0 Å². The SMILES string of the molecule is CCN1CCN(S(=O)(=O)c2ccc(NC(=O)c3sc(C(C)C)nc3C)cc2)CC1. The Morgan fingerprint density at radius 1 is 1.17 bits per heavy atom. The highest BCUT2D eigenvalue weighted by atomic mass is 32.2. The van der Waals surface area contributed by atoms with E-state index in [1.165, 1.54) is 15.6 Å². The van der Waals surface area contributed by atoms with Crippen LogP contribution in [-0.2, 0) is 10.0 Å². The summed E-state index contributed by atoms with van der Waals surface area (Å²) in [7, 11) is -3.52. The molecule has 1 N–H and O–H groups in total. The average molecular weight is 437 g/mol. The molecule has 1 fully saturated rings. The van der Waals surface area contributed by atoms with E-state index in [2.05, 4.69) is 22.1 Å². The number of hydrogen-bond acceptors (Lipinski definition) is 6. The van der Waals surface area contributed by atoms with Crippen molar-refractivity contribution in [2.75, 3.05) is 38.0 Å². The van der Waals surface area contributed by atoms with E-state index >= 15 is 0 Å². The Kier molecular flexibility index (Phi) is 6.72. The van der Waals surface area contributed by atoms with Gasteiger partial charge in [-0.25, -0.2) is 13.4 Å². The summed E-state index contributed by atoms with van der Waals surface area (Å²) in [4.78, 5) is 20.1. The second-order valence-electron chi connectivity index (χ2n) is 7.44. The number of aryl methyl sites for hydroxylation is 1. The van der Waals surface area contributed by atoms with Gasteiger partial charge in [-0.15, -0.1) is 11.3 Å². The molecule has 2 heterocycles. The summed E-state index contributed by atoms with van der Waals surface area (Å²) in [5.74, 6) is 0.0436. The second kappa shape index (κ2) is 8.91. The van der Waals surface area contributed by atoms with Gasteiger partial charge in [0, 0.05) is 37.8 Å². The van der Waals surface area contributed by atoms with Crippen LogP contribution in [-0.4, -0.2) is 61.2 Å². The van der Waals surface area contributed by atoms with Crippen molar-refractivity contribution in [1.29, 1.82) is 0 Å². The fourth-order valence-electron chi connectivity index (χ4n) is 3.21. The summed E-state index contributed by atoms with van der Waals surface area (Å²) in [6.07, 6.45) is 0. The number of hydrogen-bond donors (Lipinski definition) is 1. The number of anilines is 1. The molecular formula is C20H28N4O3S2. The normalized spacial score (nSPS) is 16.3. The standard InChI is InChI=1S/C20H28N4O3S2/c1-5-23-10-12-24(13-11-23)29(26,27)17-8-6-16(7-9-17)22-19(25)18-15(4)21-20(28-18)14(2)3/h6-9,14H,5,10-13H2,1-4H3,(H,22,25). The third-order valence-corrected chi connectivity index (χ3v) is 8.41. The van der Waals surface area contributed by atoms with Crippen LogP contribution in [0.4, 0.5) is 5.69 Å². The van der Waals surface area contributed by atoms with Gasteiger partial charge in [0.25, 0.3) is 5.91 Å². The second-order valence-corrected chi connectivity index (χ2v) is 10.4. The third-order valence-electron chi connectivity index (χ3n) is 5.04. The molecule has 0 atom stereocenters. The van der Waals surface area contributed by atoms with E-state index in [-0.39, 0.29) is 16.7 Å². The fourth-order valence-corrected chi connectivity index (χ4v) is 5.59. The lowest BCUT2D eigenvalue weighted by Crippen LogP contribution is -2.48. The molecule has 1 aromatic carbocycles. The van der Waals surface area contributed by atoms with Gasteiger partial charge in [0.15, 0.2) is 0 Å². The topological polar surface area (TPSA) is 82.6 Å². The number of nitrogens with zero attached hydrogens (tertiary/aromatic N) is 3. The monoisotopic (exact) mass is 436 g/mol. The quantitative estimate of drug-likeness (QED) is 0.752. The lowest BCUT2D eigenvalue weighted by Gasteiger charge is -2.33. The molecule has 1 aromatic heterocycles. The van der Waals surface area contributed by atoms with Gasteiger partial charge >= 0.3 is 0 Å². The van der Waals surface area contributed by atoms with Gasteiger partial charge in [-0.2, -0.15) is 4.31 Å². The highest BCUT2D eigenvalue weighted by Crippen LogP contribution is 2.26. The first-order chi connectivity index (χ1) is 13.7. The number of nitrogens with one attached hydrogen (secondary N) is 1. The Morgan fingerprint density at radius 3 is 2.31 bits per heavy atom. The molecule has 7 nitrogen and oxygen atoms in total. The zero-order valence-corrected chi connectivity index (χ0v) is 18.9. The molecule has 29 heavy (non-hydrogen) atoms. The van der Waals surface area contributed by atoms with Crippen molar-refractivity contribution in [1.82, 2.24) is 14.2 Å².